The van der Waals surface area contributed by atoms with Crippen LogP contribution in [0.1, 0.15) is 48.4 Å². The van der Waals surface area contributed by atoms with Gasteiger partial charge in [-0.15, -0.1) is 0 Å². The number of para-hydroxylation sites is 1. The molecular formula is C17H21N3O3S. The van der Waals surface area contributed by atoms with Gasteiger partial charge in [-0.25, -0.2) is 8.42 Å². The van der Waals surface area contributed by atoms with Gasteiger partial charge in [0.05, 0.1) is 17.5 Å². The summed E-state index contributed by atoms with van der Waals surface area (Å²) in [5.74, 6) is 0.135. The molecule has 1 N–H and O–H groups in total. The van der Waals surface area contributed by atoms with Crippen molar-refractivity contribution >= 4 is 21.4 Å². The van der Waals surface area contributed by atoms with Crippen molar-refractivity contribution in [2.45, 2.75) is 32.2 Å². The lowest BCUT2D eigenvalue weighted by molar-refractivity contribution is 0.102. The Morgan fingerprint density at radius 3 is 2.58 bits per heavy atom. The molecule has 1 amide bonds. The number of amides is 1. The van der Waals surface area contributed by atoms with Gasteiger partial charge in [-0.2, -0.15) is 5.10 Å². The highest BCUT2D eigenvalue weighted by molar-refractivity contribution is 7.91. The van der Waals surface area contributed by atoms with Gasteiger partial charge in [0.25, 0.3) is 5.91 Å². The summed E-state index contributed by atoms with van der Waals surface area (Å²) in [7, 11) is -3.01. The molecule has 0 bridgehead atoms. The number of anilines is 1. The summed E-state index contributed by atoms with van der Waals surface area (Å²) < 4.78 is 25.2. The van der Waals surface area contributed by atoms with E-state index in [0.29, 0.717) is 17.8 Å². The van der Waals surface area contributed by atoms with E-state index in [0.717, 1.165) is 5.69 Å². The first-order valence-corrected chi connectivity index (χ1v) is 9.84. The zero-order chi connectivity index (χ0) is 17.3. The van der Waals surface area contributed by atoms with Crippen LogP contribution >= 0.6 is 0 Å². The summed E-state index contributed by atoms with van der Waals surface area (Å²) in [5, 5.41) is 7.23. The molecule has 7 heteroatoms. The number of nitrogens with zero attached hydrogens (tertiary/aromatic N) is 2. The van der Waals surface area contributed by atoms with E-state index in [2.05, 4.69) is 10.4 Å². The van der Waals surface area contributed by atoms with Gasteiger partial charge in [0.15, 0.2) is 15.5 Å². The van der Waals surface area contributed by atoms with E-state index in [1.165, 1.54) is 0 Å². The molecule has 2 aromatic rings. The molecule has 0 aliphatic carbocycles. The molecule has 0 radical (unpaired) electrons. The number of benzene rings is 1. The molecule has 1 aliphatic rings. The maximum Gasteiger partial charge on any atom is 0.276 e. The van der Waals surface area contributed by atoms with Crippen molar-refractivity contribution in [3.05, 3.63) is 47.8 Å². The predicted molar refractivity (Wildman–Crippen MR) is 93.0 cm³/mol. The monoisotopic (exact) mass is 347 g/mol. The second-order valence-corrected chi connectivity index (χ2v) is 8.66. The number of hydrogen-bond acceptors (Lipinski definition) is 4. The van der Waals surface area contributed by atoms with Gasteiger partial charge in [-0.3, -0.25) is 9.48 Å². The van der Waals surface area contributed by atoms with Crippen LogP contribution in [0, 0.1) is 0 Å². The molecule has 1 aromatic heterocycles. The molecule has 0 unspecified atom stereocenters. The summed E-state index contributed by atoms with van der Waals surface area (Å²) in [6.07, 6.45) is 0.545. The molecule has 1 atom stereocenters. The van der Waals surface area contributed by atoms with Crippen LogP contribution in [0.5, 0.6) is 0 Å². The molecule has 1 aromatic carbocycles. The SMILES string of the molecule is CC(C)c1cc(C(=O)Nc2ccccc2)nn1[C@@H]1CCS(=O)(=O)C1. The Bertz CT molecular complexity index is 841. The topological polar surface area (TPSA) is 81.1 Å². The first-order valence-electron chi connectivity index (χ1n) is 8.02. The average molecular weight is 347 g/mol. The van der Waals surface area contributed by atoms with Crippen molar-refractivity contribution in [1.82, 2.24) is 9.78 Å². The van der Waals surface area contributed by atoms with E-state index >= 15 is 0 Å². The Labute approximate surface area is 141 Å². The molecule has 0 spiro atoms. The summed E-state index contributed by atoms with van der Waals surface area (Å²) in [5.41, 5.74) is 1.90. The molecular weight excluding hydrogens is 326 g/mol. The minimum atomic E-state index is -3.01. The van der Waals surface area contributed by atoms with Crippen molar-refractivity contribution in [2.75, 3.05) is 16.8 Å². The van der Waals surface area contributed by atoms with E-state index in [4.69, 9.17) is 0 Å². The normalized spacial score (nSPS) is 19.5. The van der Waals surface area contributed by atoms with Crippen LogP contribution in [-0.2, 0) is 9.84 Å². The van der Waals surface area contributed by atoms with Crippen LogP contribution in [0.25, 0.3) is 0 Å². The lowest BCUT2D eigenvalue weighted by Crippen LogP contribution is -2.17. The molecule has 128 valence electrons. The molecule has 0 saturated carbocycles. The maximum atomic E-state index is 12.4. The lowest BCUT2D eigenvalue weighted by atomic mass is 10.1. The summed E-state index contributed by atoms with van der Waals surface area (Å²) in [6.45, 7) is 4.02. The number of sulfone groups is 1. The van der Waals surface area contributed by atoms with E-state index < -0.39 is 9.84 Å². The van der Waals surface area contributed by atoms with Gasteiger partial charge in [-0.05, 0) is 30.5 Å². The molecule has 1 saturated heterocycles. The largest absolute Gasteiger partial charge is 0.321 e. The van der Waals surface area contributed by atoms with Gasteiger partial charge >= 0.3 is 0 Å². The van der Waals surface area contributed by atoms with Crippen molar-refractivity contribution in [3.63, 3.8) is 0 Å². The van der Waals surface area contributed by atoms with Crippen LogP contribution in [0.15, 0.2) is 36.4 Å². The highest BCUT2D eigenvalue weighted by Crippen LogP contribution is 2.28. The van der Waals surface area contributed by atoms with E-state index in [-0.39, 0.29) is 29.4 Å². The summed E-state index contributed by atoms with van der Waals surface area (Å²) in [6, 6.07) is 10.7. The Kier molecular flexibility index (Phi) is 4.45. The van der Waals surface area contributed by atoms with E-state index in [1.807, 2.05) is 44.2 Å². The fraction of sp³-hybridized carbons (Fsp3) is 0.412. The van der Waals surface area contributed by atoms with Crippen molar-refractivity contribution < 1.29 is 13.2 Å². The van der Waals surface area contributed by atoms with Crippen LogP contribution in [0.4, 0.5) is 5.69 Å². The van der Waals surface area contributed by atoms with Gasteiger partial charge in [0.1, 0.15) is 0 Å². The van der Waals surface area contributed by atoms with Crippen LogP contribution in [0.3, 0.4) is 0 Å². The number of hydrogen-bond donors (Lipinski definition) is 1. The zero-order valence-electron chi connectivity index (χ0n) is 13.8. The quantitative estimate of drug-likeness (QED) is 0.922. The minimum Gasteiger partial charge on any atom is -0.321 e. The molecule has 3 rings (SSSR count). The standard InChI is InChI=1S/C17H21N3O3S/c1-12(2)16-10-15(17(21)18-13-6-4-3-5-7-13)19-20(16)14-8-9-24(22,23)11-14/h3-7,10,12,14H,8-9,11H2,1-2H3,(H,18,21)/t14-/m1/s1. The summed E-state index contributed by atoms with van der Waals surface area (Å²) in [4.78, 5) is 12.4. The van der Waals surface area contributed by atoms with E-state index in [1.54, 1.807) is 10.7 Å². The van der Waals surface area contributed by atoms with Crippen molar-refractivity contribution in [3.8, 4) is 0 Å². The Hall–Kier alpha value is -2.15. The predicted octanol–water partition coefficient (Wildman–Crippen LogP) is 2.62. The third kappa shape index (κ3) is 3.51. The molecule has 6 nitrogen and oxygen atoms in total. The maximum absolute atomic E-state index is 12.4. The number of aromatic nitrogens is 2. The number of carbonyl (C=O) groups is 1. The Morgan fingerprint density at radius 2 is 2.00 bits per heavy atom. The highest BCUT2D eigenvalue weighted by atomic mass is 32.2. The van der Waals surface area contributed by atoms with Crippen LogP contribution < -0.4 is 5.32 Å². The first-order chi connectivity index (χ1) is 11.4. The molecule has 24 heavy (non-hydrogen) atoms. The number of rotatable bonds is 4. The number of carbonyl (C=O) groups excluding carboxylic acids is 1. The van der Waals surface area contributed by atoms with E-state index in [9.17, 15) is 13.2 Å². The Morgan fingerprint density at radius 1 is 1.29 bits per heavy atom. The first kappa shape index (κ1) is 16.7. The molecule has 1 aliphatic heterocycles. The second-order valence-electron chi connectivity index (χ2n) is 6.43. The minimum absolute atomic E-state index is 0.0914. The Balaban J connectivity index is 1.87. The zero-order valence-corrected chi connectivity index (χ0v) is 14.6. The smallest absolute Gasteiger partial charge is 0.276 e. The third-order valence-corrected chi connectivity index (χ3v) is 5.93. The summed E-state index contributed by atoms with van der Waals surface area (Å²) >= 11 is 0. The third-order valence-electron chi connectivity index (χ3n) is 4.17. The number of nitrogens with one attached hydrogen (secondary N) is 1. The lowest BCUT2D eigenvalue weighted by Gasteiger charge is -2.15. The fourth-order valence-electron chi connectivity index (χ4n) is 2.93. The van der Waals surface area contributed by atoms with Gasteiger partial charge in [0, 0.05) is 11.4 Å². The fourth-order valence-corrected chi connectivity index (χ4v) is 4.62. The molecule has 1 fully saturated rings. The van der Waals surface area contributed by atoms with Crippen molar-refractivity contribution in [2.24, 2.45) is 0 Å². The van der Waals surface area contributed by atoms with Crippen LogP contribution in [0.2, 0.25) is 0 Å². The molecule has 2 heterocycles. The second kappa shape index (κ2) is 6.39. The average Bonchev–Trinajstić information content (AvgIpc) is 3.11. The van der Waals surface area contributed by atoms with Crippen molar-refractivity contribution in [1.29, 1.82) is 0 Å². The van der Waals surface area contributed by atoms with Gasteiger partial charge in [0.2, 0.25) is 0 Å². The van der Waals surface area contributed by atoms with Gasteiger partial charge in [-0.1, -0.05) is 32.0 Å². The van der Waals surface area contributed by atoms with Crippen LogP contribution in [-0.4, -0.2) is 35.6 Å². The highest BCUT2D eigenvalue weighted by Gasteiger charge is 2.32. The van der Waals surface area contributed by atoms with Gasteiger partial charge < -0.3 is 5.32 Å².